The first kappa shape index (κ1) is 13.6. The molecule has 0 fully saturated rings. The van der Waals surface area contributed by atoms with Crippen LogP contribution in [-0.2, 0) is 10.3 Å². The van der Waals surface area contributed by atoms with Gasteiger partial charge in [0.25, 0.3) is 5.89 Å². The molecule has 0 aliphatic carbocycles. The van der Waals surface area contributed by atoms with Crippen LogP contribution in [0.1, 0.15) is 19.7 Å². The van der Waals surface area contributed by atoms with Crippen LogP contribution in [0, 0.1) is 5.82 Å². The molecule has 2 N–H and O–H groups in total. The van der Waals surface area contributed by atoms with Gasteiger partial charge in [-0.2, -0.15) is 4.98 Å². The number of rotatable bonds is 5. The van der Waals surface area contributed by atoms with Crippen molar-refractivity contribution in [1.29, 1.82) is 0 Å². The molecule has 2 rings (SSSR count). The van der Waals surface area contributed by atoms with Crippen LogP contribution >= 0.6 is 0 Å². The van der Waals surface area contributed by atoms with Crippen molar-refractivity contribution in [3.8, 4) is 11.5 Å². The fraction of sp³-hybridized carbons (Fsp3) is 0.385. The van der Waals surface area contributed by atoms with Gasteiger partial charge in [-0.05, 0) is 38.1 Å². The first-order valence-corrected chi connectivity index (χ1v) is 5.99. The lowest BCUT2D eigenvalue weighted by Crippen LogP contribution is -2.39. The Hall–Kier alpha value is -1.79. The Bertz CT molecular complexity index is 537. The molecule has 102 valence electrons. The number of ether oxygens (including phenoxy) is 1. The van der Waals surface area contributed by atoms with Crippen molar-refractivity contribution < 1.29 is 13.7 Å². The number of aromatic nitrogens is 2. The van der Waals surface area contributed by atoms with E-state index in [1.807, 2.05) is 6.92 Å². The third-order valence-corrected chi connectivity index (χ3v) is 2.63. The number of hydrogen-bond acceptors (Lipinski definition) is 5. The zero-order chi connectivity index (χ0) is 13.9. The van der Waals surface area contributed by atoms with E-state index in [9.17, 15) is 4.39 Å². The van der Waals surface area contributed by atoms with Crippen molar-refractivity contribution in [3.05, 3.63) is 35.9 Å². The summed E-state index contributed by atoms with van der Waals surface area (Å²) in [5.74, 6) is 0.354. The van der Waals surface area contributed by atoms with Gasteiger partial charge in [0, 0.05) is 12.2 Å². The topological polar surface area (TPSA) is 74.2 Å². The molecule has 0 spiro atoms. The molecular formula is C13H16FN3O2. The van der Waals surface area contributed by atoms with Crippen LogP contribution in [-0.4, -0.2) is 23.4 Å². The Morgan fingerprint density at radius 2 is 2.05 bits per heavy atom. The lowest BCUT2D eigenvalue weighted by atomic mass is 10.1. The molecule has 1 atom stereocenters. The van der Waals surface area contributed by atoms with E-state index in [1.165, 1.54) is 12.1 Å². The van der Waals surface area contributed by atoms with Gasteiger partial charge in [-0.3, -0.25) is 0 Å². The molecule has 1 aromatic heterocycles. The van der Waals surface area contributed by atoms with Crippen molar-refractivity contribution in [1.82, 2.24) is 10.1 Å². The van der Waals surface area contributed by atoms with Gasteiger partial charge in [-0.1, -0.05) is 5.16 Å². The summed E-state index contributed by atoms with van der Waals surface area (Å²) < 4.78 is 23.3. The zero-order valence-corrected chi connectivity index (χ0v) is 10.9. The van der Waals surface area contributed by atoms with Crippen LogP contribution in [0.15, 0.2) is 28.8 Å². The number of benzene rings is 1. The highest BCUT2D eigenvalue weighted by Crippen LogP contribution is 2.21. The quantitative estimate of drug-likeness (QED) is 0.896. The highest BCUT2D eigenvalue weighted by molar-refractivity contribution is 5.52. The molecule has 0 aliphatic heterocycles. The van der Waals surface area contributed by atoms with Crippen molar-refractivity contribution in [2.75, 3.05) is 13.2 Å². The monoisotopic (exact) mass is 265 g/mol. The fourth-order valence-electron chi connectivity index (χ4n) is 1.54. The Balaban J connectivity index is 2.21. The van der Waals surface area contributed by atoms with Crippen molar-refractivity contribution in [3.63, 3.8) is 0 Å². The summed E-state index contributed by atoms with van der Waals surface area (Å²) in [4.78, 5) is 4.23. The predicted octanol–water partition coefficient (Wildman–Crippen LogP) is 2.09. The summed E-state index contributed by atoms with van der Waals surface area (Å²) in [5, 5.41) is 3.85. The first-order chi connectivity index (χ1) is 9.03. The summed E-state index contributed by atoms with van der Waals surface area (Å²) in [6.45, 7) is 4.51. The van der Waals surface area contributed by atoms with Gasteiger partial charge in [0.05, 0.1) is 6.61 Å². The molecule has 0 radical (unpaired) electrons. The lowest BCUT2D eigenvalue weighted by Gasteiger charge is -2.19. The maximum Gasteiger partial charge on any atom is 0.257 e. The average Bonchev–Trinajstić information content (AvgIpc) is 2.88. The van der Waals surface area contributed by atoms with Gasteiger partial charge in [0.15, 0.2) is 5.82 Å². The molecule has 6 heteroatoms. The molecule has 5 nitrogen and oxygen atoms in total. The lowest BCUT2D eigenvalue weighted by molar-refractivity contribution is 0.0962. The minimum atomic E-state index is -0.822. The highest BCUT2D eigenvalue weighted by Gasteiger charge is 2.28. The van der Waals surface area contributed by atoms with Crippen LogP contribution in [0.5, 0.6) is 0 Å². The summed E-state index contributed by atoms with van der Waals surface area (Å²) >= 11 is 0. The number of nitrogens with two attached hydrogens (primary N) is 1. The molecule has 0 saturated heterocycles. The number of hydrogen-bond donors (Lipinski definition) is 1. The smallest absolute Gasteiger partial charge is 0.257 e. The largest absolute Gasteiger partial charge is 0.379 e. The molecule has 1 unspecified atom stereocenters. The fourth-order valence-corrected chi connectivity index (χ4v) is 1.54. The van der Waals surface area contributed by atoms with Gasteiger partial charge in [-0.25, -0.2) is 4.39 Å². The zero-order valence-electron chi connectivity index (χ0n) is 10.9. The average molecular weight is 265 g/mol. The summed E-state index contributed by atoms with van der Waals surface area (Å²) in [5.41, 5.74) is 5.89. The molecule has 0 aliphatic rings. The summed E-state index contributed by atoms with van der Waals surface area (Å²) in [6, 6.07) is 5.81. The minimum absolute atomic E-state index is 0.298. The Morgan fingerprint density at radius 3 is 2.68 bits per heavy atom. The van der Waals surface area contributed by atoms with E-state index in [2.05, 4.69) is 10.1 Å². The molecular weight excluding hydrogens is 249 g/mol. The third-order valence-electron chi connectivity index (χ3n) is 2.63. The van der Waals surface area contributed by atoms with Gasteiger partial charge >= 0.3 is 0 Å². The molecule has 19 heavy (non-hydrogen) atoms. The van der Waals surface area contributed by atoms with Crippen LogP contribution < -0.4 is 5.73 Å². The van der Waals surface area contributed by atoms with E-state index >= 15 is 0 Å². The van der Waals surface area contributed by atoms with Crippen LogP contribution in [0.4, 0.5) is 4.39 Å². The summed E-state index contributed by atoms with van der Waals surface area (Å²) in [6.07, 6.45) is 0. The van der Waals surface area contributed by atoms with Crippen molar-refractivity contribution in [2.45, 2.75) is 19.4 Å². The predicted molar refractivity (Wildman–Crippen MR) is 67.7 cm³/mol. The van der Waals surface area contributed by atoms with E-state index < -0.39 is 5.54 Å². The second-order valence-electron chi connectivity index (χ2n) is 4.48. The van der Waals surface area contributed by atoms with E-state index in [-0.39, 0.29) is 5.82 Å². The van der Waals surface area contributed by atoms with Crippen LogP contribution in [0.3, 0.4) is 0 Å². The maximum atomic E-state index is 12.8. The minimum Gasteiger partial charge on any atom is -0.379 e. The Labute approximate surface area is 110 Å². The van der Waals surface area contributed by atoms with Gasteiger partial charge < -0.3 is 15.0 Å². The van der Waals surface area contributed by atoms with Crippen LogP contribution in [0.25, 0.3) is 11.5 Å². The first-order valence-electron chi connectivity index (χ1n) is 5.99. The van der Waals surface area contributed by atoms with Gasteiger partial charge in [0.2, 0.25) is 0 Å². The van der Waals surface area contributed by atoms with E-state index in [4.69, 9.17) is 15.0 Å². The number of halogens is 1. The van der Waals surface area contributed by atoms with E-state index in [0.29, 0.717) is 30.5 Å². The Morgan fingerprint density at radius 1 is 1.37 bits per heavy atom. The molecule has 1 heterocycles. The van der Waals surface area contributed by atoms with Crippen molar-refractivity contribution >= 4 is 0 Å². The number of nitrogens with zero attached hydrogens (tertiary/aromatic N) is 2. The van der Waals surface area contributed by atoms with Gasteiger partial charge in [-0.15, -0.1) is 0 Å². The second-order valence-corrected chi connectivity index (χ2v) is 4.48. The van der Waals surface area contributed by atoms with Gasteiger partial charge in [0.1, 0.15) is 11.4 Å². The molecule has 0 saturated carbocycles. The Kier molecular flexibility index (Phi) is 3.92. The highest BCUT2D eigenvalue weighted by atomic mass is 19.1. The SMILES string of the molecule is CCOCC(C)(N)c1noc(-c2ccc(F)cc2)n1. The van der Waals surface area contributed by atoms with E-state index in [1.54, 1.807) is 19.1 Å². The normalized spacial score (nSPS) is 14.3. The molecule has 0 amide bonds. The van der Waals surface area contributed by atoms with E-state index in [0.717, 1.165) is 0 Å². The summed E-state index contributed by atoms with van der Waals surface area (Å²) in [7, 11) is 0. The molecule has 0 bridgehead atoms. The maximum absolute atomic E-state index is 12.8. The standard InChI is InChI=1S/C13H16FN3O2/c1-3-18-8-13(2,15)12-16-11(19-17-12)9-4-6-10(14)7-5-9/h4-7H,3,8,15H2,1-2H3. The second kappa shape index (κ2) is 5.46. The third kappa shape index (κ3) is 3.15. The van der Waals surface area contributed by atoms with Crippen molar-refractivity contribution in [2.24, 2.45) is 5.73 Å². The molecule has 2 aromatic rings. The van der Waals surface area contributed by atoms with Crippen LogP contribution in [0.2, 0.25) is 0 Å². The molecule has 1 aromatic carbocycles.